The quantitative estimate of drug-likeness (QED) is 0.575. The monoisotopic (exact) mass is 370 g/mol. The Bertz CT molecular complexity index is 852. The van der Waals surface area contributed by atoms with E-state index < -0.39 is 5.92 Å². The molecule has 4 nitrogen and oxygen atoms in total. The number of halogens is 1. The molecule has 2 aromatic carbocycles. The third-order valence-electron chi connectivity index (χ3n) is 5.26. The molecule has 1 aliphatic carbocycles. The highest BCUT2D eigenvalue weighted by Crippen LogP contribution is 2.38. The minimum absolute atomic E-state index is 0.0277. The summed E-state index contributed by atoms with van der Waals surface area (Å²) in [7, 11) is 3.18. The summed E-state index contributed by atoms with van der Waals surface area (Å²) in [6.45, 7) is 1.69. The number of Topliss-reactive ketones (excluding diaryl/α,β-unsaturated/α-hetero) is 2. The molecule has 0 spiro atoms. The van der Waals surface area contributed by atoms with Crippen LogP contribution in [0.3, 0.4) is 0 Å². The van der Waals surface area contributed by atoms with Gasteiger partial charge in [0.15, 0.2) is 5.78 Å². The van der Waals surface area contributed by atoms with E-state index in [9.17, 15) is 14.0 Å². The van der Waals surface area contributed by atoms with Crippen molar-refractivity contribution in [2.24, 2.45) is 5.92 Å². The molecule has 1 saturated carbocycles. The van der Waals surface area contributed by atoms with Crippen molar-refractivity contribution in [3.05, 3.63) is 58.9 Å². The molecule has 0 heterocycles. The molecule has 0 amide bonds. The van der Waals surface area contributed by atoms with Crippen LogP contribution in [0.2, 0.25) is 0 Å². The van der Waals surface area contributed by atoms with Gasteiger partial charge in [0, 0.05) is 18.1 Å². The van der Waals surface area contributed by atoms with Crippen LogP contribution < -0.4 is 9.47 Å². The number of ether oxygens (including phenoxy) is 2. The molecule has 142 valence electrons. The number of methoxy groups -OCH3 is 2. The van der Waals surface area contributed by atoms with Crippen LogP contribution in [0.1, 0.15) is 46.7 Å². The minimum atomic E-state index is -0.655. The van der Waals surface area contributed by atoms with Gasteiger partial charge in [-0.1, -0.05) is 0 Å². The normalized spacial score (nSPS) is 19.6. The van der Waals surface area contributed by atoms with Gasteiger partial charge in [0.05, 0.1) is 20.1 Å². The molecule has 5 heteroatoms. The molecule has 3 rings (SSSR count). The standard InChI is InChI=1S/C22H23FO4/c1-13-8-16(23)5-7-19(13)22(25)20-6-4-14(11-21(20)24)15-9-17(26-2)12-18(10-15)27-3/h5,7-10,12,14,20H,4,6,11H2,1-3H3. The van der Waals surface area contributed by atoms with Crippen molar-refractivity contribution in [3.63, 3.8) is 0 Å². The predicted octanol–water partition coefficient (Wildman–Crippen LogP) is 4.49. The van der Waals surface area contributed by atoms with E-state index in [1.54, 1.807) is 27.2 Å². The average molecular weight is 370 g/mol. The molecular formula is C22H23FO4. The molecule has 1 aliphatic rings. The lowest BCUT2D eigenvalue weighted by Gasteiger charge is -2.27. The topological polar surface area (TPSA) is 52.6 Å². The highest BCUT2D eigenvalue weighted by atomic mass is 19.1. The maximum Gasteiger partial charge on any atom is 0.173 e. The Morgan fingerprint density at radius 3 is 2.26 bits per heavy atom. The third-order valence-corrected chi connectivity index (χ3v) is 5.26. The smallest absolute Gasteiger partial charge is 0.173 e. The molecule has 2 aromatic rings. The molecule has 0 aromatic heterocycles. The second-order valence-corrected chi connectivity index (χ2v) is 6.97. The maximum absolute atomic E-state index is 13.3. The number of ketones is 2. The van der Waals surface area contributed by atoms with E-state index >= 15 is 0 Å². The Kier molecular flexibility index (Phi) is 5.59. The van der Waals surface area contributed by atoms with Crippen LogP contribution in [-0.2, 0) is 4.79 Å². The van der Waals surface area contributed by atoms with Gasteiger partial charge in [-0.25, -0.2) is 4.39 Å². The van der Waals surface area contributed by atoms with Crippen LogP contribution in [-0.4, -0.2) is 25.8 Å². The fourth-order valence-corrected chi connectivity index (χ4v) is 3.73. The summed E-state index contributed by atoms with van der Waals surface area (Å²) < 4.78 is 23.9. The van der Waals surface area contributed by atoms with Crippen molar-refractivity contribution in [2.75, 3.05) is 14.2 Å². The van der Waals surface area contributed by atoms with Gasteiger partial charge < -0.3 is 9.47 Å². The van der Waals surface area contributed by atoms with Gasteiger partial charge in [-0.3, -0.25) is 9.59 Å². The van der Waals surface area contributed by atoms with Crippen LogP contribution >= 0.6 is 0 Å². The Morgan fingerprint density at radius 2 is 1.70 bits per heavy atom. The van der Waals surface area contributed by atoms with Crippen LogP contribution in [0.25, 0.3) is 0 Å². The summed E-state index contributed by atoms with van der Waals surface area (Å²) in [6.07, 6.45) is 1.50. The van der Waals surface area contributed by atoms with Crippen LogP contribution in [0.15, 0.2) is 36.4 Å². The highest BCUT2D eigenvalue weighted by Gasteiger charge is 2.35. The van der Waals surface area contributed by atoms with Crippen LogP contribution in [0.5, 0.6) is 11.5 Å². The Hall–Kier alpha value is -2.69. The second-order valence-electron chi connectivity index (χ2n) is 6.97. The number of hydrogen-bond acceptors (Lipinski definition) is 4. The van der Waals surface area contributed by atoms with Crippen molar-refractivity contribution in [3.8, 4) is 11.5 Å². The Morgan fingerprint density at radius 1 is 1.04 bits per heavy atom. The number of rotatable bonds is 5. The first-order chi connectivity index (χ1) is 12.9. The summed E-state index contributed by atoms with van der Waals surface area (Å²) in [6, 6.07) is 9.67. The molecule has 0 radical (unpaired) electrons. The highest BCUT2D eigenvalue weighted by molar-refractivity contribution is 6.11. The molecule has 0 aliphatic heterocycles. The van der Waals surface area contributed by atoms with Gasteiger partial charge in [0.25, 0.3) is 0 Å². The number of carbonyl (C=O) groups is 2. The number of hydrogen-bond donors (Lipinski definition) is 0. The first-order valence-corrected chi connectivity index (χ1v) is 8.99. The molecule has 2 unspecified atom stereocenters. The summed E-state index contributed by atoms with van der Waals surface area (Å²) in [5.41, 5.74) is 1.96. The van der Waals surface area contributed by atoms with Gasteiger partial charge >= 0.3 is 0 Å². The fourth-order valence-electron chi connectivity index (χ4n) is 3.73. The molecule has 0 bridgehead atoms. The number of aryl methyl sites for hydroxylation is 1. The van der Waals surface area contributed by atoms with Crippen molar-refractivity contribution >= 4 is 11.6 Å². The first-order valence-electron chi connectivity index (χ1n) is 8.99. The van der Waals surface area contributed by atoms with E-state index in [4.69, 9.17) is 9.47 Å². The predicted molar refractivity (Wildman–Crippen MR) is 100 cm³/mol. The molecule has 27 heavy (non-hydrogen) atoms. The lowest BCUT2D eigenvalue weighted by molar-refractivity contribution is -0.123. The SMILES string of the molecule is COc1cc(OC)cc(C2CCC(C(=O)c3ccc(F)cc3C)C(=O)C2)c1. The lowest BCUT2D eigenvalue weighted by Crippen LogP contribution is -2.30. The van der Waals surface area contributed by atoms with Gasteiger partial charge in [0.1, 0.15) is 23.1 Å². The van der Waals surface area contributed by atoms with Crippen molar-refractivity contribution in [1.29, 1.82) is 0 Å². The molecule has 1 fully saturated rings. The van der Waals surface area contributed by atoms with Crippen LogP contribution in [0.4, 0.5) is 4.39 Å². The van der Waals surface area contributed by atoms with Crippen molar-refractivity contribution in [1.82, 2.24) is 0 Å². The van der Waals surface area contributed by atoms with E-state index in [2.05, 4.69) is 0 Å². The zero-order valence-corrected chi connectivity index (χ0v) is 15.8. The van der Waals surface area contributed by atoms with E-state index in [-0.39, 0.29) is 23.3 Å². The van der Waals surface area contributed by atoms with E-state index in [0.29, 0.717) is 35.5 Å². The molecule has 2 atom stereocenters. The van der Waals surface area contributed by atoms with Gasteiger partial charge in [-0.05, 0) is 67.1 Å². The lowest BCUT2D eigenvalue weighted by atomic mass is 9.75. The van der Waals surface area contributed by atoms with Crippen molar-refractivity contribution in [2.45, 2.75) is 32.1 Å². The zero-order chi connectivity index (χ0) is 19.6. The van der Waals surface area contributed by atoms with E-state index in [1.807, 2.05) is 12.1 Å². The molecule has 0 saturated heterocycles. The zero-order valence-electron chi connectivity index (χ0n) is 15.8. The first kappa shape index (κ1) is 19.1. The van der Waals surface area contributed by atoms with Gasteiger partial charge in [-0.15, -0.1) is 0 Å². The second kappa shape index (κ2) is 7.91. The summed E-state index contributed by atoms with van der Waals surface area (Å²) in [4.78, 5) is 25.5. The third kappa shape index (κ3) is 4.02. The summed E-state index contributed by atoms with van der Waals surface area (Å²) >= 11 is 0. The van der Waals surface area contributed by atoms with Crippen LogP contribution in [0, 0.1) is 18.7 Å². The van der Waals surface area contributed by atoms with Gasteiger partial charge in [0.2, 0.25) is 0 Å². The number of benzene rings is 2. The summed E-state index contributed by atoms with van der Waals surface area (Å²) in [5, 5.41) is 0. The molecule has 0 N–H and O–H groups in total. The fraction of sp³-hybridized carbons (Fsp3) is 0.364. The van der Waals surface area contributed by atoms with E-state index in [1.165, 1.54) is 18.2 Å². The maximum atomic E-state index is 13.3. The minimum Gasteiger partial charge on any atom is -0.497 e. The van der Waals surface area contributed by atoms with E-state index in [0.717, 1.165) is 12.0 Å². The Labute approximate surface area is 158 Å². The molecular weight excluding hydrogens is 347 g/mol. The van der Waals surface area contributed by atoms with Crippen molar-refractivity contribution < 1.29 is 23.5 Å². The largest absolute Gasteiger partial charge is 0.497 e. The Balaban J connectivity index is 1.78. The number of carbonyl (C=O) groups excluding carboxylic acids is 2. The average Bonchev–Trinajstić information content (AvgIpc) is 2.67. The summed E-state index contributed by atoms with van der Waals surface area (Å²) in [5.74, 6) is 0.0682. The van der Waals surface area contributed by atoms with Gasteiger partial charge in [-0.2, -0.15) is 0 Å².